The second-order valence-corrected chi connectivity index (χ2v) is 7.83. The van der Waals surface area contributed by atoms with Crippen molar-refractivity contribution < 1.29 is 9.47 Å². The van der Waals surface area contributed by atoms with Gasteiger partial charge in [-0.3, -0.25) is 9.88 Å². The van der Waals surface area contributed by atoms with Crippen molar-refractivity contribution in [3.63, 3.8) is 0 Å². The molecule has 0 aromatic carbocycles. The van der Waals surface area contributed by atoms with E-state index in [9.17, 15) is 0 Å². The summed E-state index contributed by atoms with van der Waals surface area (Å²) in [5.74, 6) is 1.44. The van der Waals surface area contributed by atoms with Crippen LogP contribution in [0, 0.1) is 24.2 Å². The standard InChI is InChI=1S/C19H28N2O2/c1-15-4-2-7-18(20-15)9-21-8-17-11-23-14-19(17,12-21)13-22-10-16-5-3-6-16/h2,4,7,16-17H,3,5-6,8-14H2,1H3/t17-,19-/m1/s1. The van der Waals surface area contributed by atoms with Gasteiger partial charge in [0.25, 0.3) is 0 Å². The predicted octanol–water partition coefficient (Wildman–Crippen LogP) is 2.66. The van der Waals surface area contributed by atoms with E-state index in [-0.39, 0.29) is 5.41 Å². The van der Waals surface area contributed by atoms with Crippen molar-refractivity contribution in [2.75, 3.05) is 39.5 Å². The first-order valence-electron chi connectivity index (χ1n) is 9.04. The molecule has 0 radical (unpaired) electrons. The molecule has 1 aromatic heterocycles. The Kier molecular flexibility index (Phi) is 4.39. The molecule has 4 heteroatoms. The second-order valence-electron chi connectivity index (χ2n) is 7.83. The quantitative estimate of drug-likeness (QED) is 0.808. The maximum Gasteiger partial charge on any atom is 0.0561 e. The number of nitrogens with zero attached hydrogens (tertiary/aromatic N) is 2. The third-order valence-corrected chi connectivity index (χ3v) is 5.89. The minimum atomic E-state index is 0.216. The number of ether oxygens (including phenoxy) is 2. The van der Waals surface area contributed by atoms with Crippen LogP contribution in [-0.4, -0.2) is 49.4 Å². The van der Waals surface area contributed by atoms with Crippen LogP contribution in [0.25, 0.3) is 0 Å². The summed E-state index contributed by atoms with van der Waals surface area (Å²) in [6.45, 7) is 8.78. The molecule has 126 valence electrons. The maximum absolute atomic E-state index is 6.12. The number of rotatable bonds is 6. The Morgan fingerprint density at radius 2 is 2.30 bits per heavy atom. The van der Waals surface area contributed by atoms with Gasteiger partial charge in [0, 0.05) is 43.3 Å². The van der Waals surface area contributed by atoms with Crippen molar-refractivity contribution in [2.45, 2.75) is 32.7 Å². The number of hydrogen-bond donors (Lipinski definition) is 0. The number of likely N-dealkylation sites (tertiary alicyclic amines) is 1. The van der Waals surface area contributed by atoms with Crippen molar-refractivity contribution in [1.82, 2.24) is 9.88 Å². The highest BCUT2D eigenvalue weighted by Gasteiger charge is 2.50. The van der Waals surface area contributed by atoms with Gasteiger partial charge in [-0.25, -0.2) is 0 Å². The molecule has 1 saturated carbocycles. The minimum absolute atomic E-state index is 0.216. The fraction of sp³-hybridized carbons (Fsp3) is 0.737. The Balaban J connectivity index is 1.35. The molecule has 1 aromatic rings. The van der Waals surface area contributed by atoms with E-state index in [0.717, 1.165) is 57.7 Å². The molecule has 1 aliphatic carbocycles. The van der Waals surface area contributed by atoms with Gasteiger partial charge in [0.2, 0.25) is 0 Å². The Morgan fingerprint density at radius 1 is 1.39 bits per heavy atom. The molecule has 2 aliphatic heterocycles. The molecule has 0 bridgehead atoms. The normalized spacial score (nSPS) is 31.3. The van der Waals surface area contributed by atoms with Crippen LogP contribution in [0.1, 0.15) is 30.7 Å². The lowest BCUT2D eigenvalue weighted by Crippen LogP contribution is -2.36. The predicted molar refractivity (Wildman–Crippen MR) is 89.2 cm³/mol. The summed E-state index contributed by atoms with van der Waals surface area (Å²) in [5, 5.41) is 0. The van der Waals surface area contributed by atoms with Crippen LogP contribution in [0.4, 0.5) is 0 Å². The maximum atomic E-state index is 6.12. The summed E-state index contributed by atoms with van der Waals surface area (Å²) in [6, 6.07) is 6.30. The van der Waals surface area contributed by atoms with Crippen LogP contribution in [0.15, 0.2) is 18.2 Å². The van der Waals surface area contributed by atoms with Crippen LogP contribution in [-0.2, 0) is 16.0 Å². The number of pyridine rings is 1. The third kappa shape index (κ3) is 3.30. The highest BCUT2D eigenvalue weighted by molar-refractivity contribution is 5.11. The number of hydrogen-bond acceptors (Lipinski definition) is 4. The zero-order valence-corrected chi connectivity index (χ0v) is 14.2. The van der Waals surface area contributed by atoms with E-state index in [1.807, 2.05) is 0 Å². The van der Waals surface area contributed by atoms with Gasteiger partial charge in [-0.1, -0.05) is 12.5 Å². The lowest BCUT2D eigenvalue weighted by atomic mass is 9.81. The summed E-state index contributed by atoms with van der Waals surface area (Å²) in [7, 11) is 0. The lowest BCUT2D eigenvalue weighted by molar-refractivity contribution is -0.000901. The van der Waals surface area contributed by atoms with Crippen LogP contribution in [0.2, 0.25) is 0 Å². The molecule has 0 spiro atoms. The summed E-state index contributed by atoms with van der Waals surface area (Å²) < 4.78 is 11.9. The highest BCUT2D eigenvalue weighted by Crippen LogP contribution is 2.42. The Morgan fingerprint density at radius 3 is 3.09 bits per heavy atom. The Bertz CT molecular complexity index is 546. The Hall–Kier alpha value is -0.970. The minimum Gasteiger partial charge on any atom is -0.380 e. The van der Waals surface area contributed by atoms with Gasteiger partial charge >= 0.3 is 0 Å². The monoisotopic (exact) mass is 316 g/mol. The summed E-state index contributed by atoms with van der Waals surface area (Å²) in [5.41, 5.74) is 2.49. The van der Waals surface area contributed by atoms with E-state index in [1.54, 1.807) is 0 Å². The summed E-state index contributed by atoms with van der Waals surface area (Å²) in [4.78, 5) is 7.20. The van der Waals surface area contributed by atoms with Gasteiger partial charge in [-0.2, -0.15) is 0 Å². The number of fused-ring (bicyclic) bond motifs is 1. The fourth-order valence-electron chi connectivity index (χ4n) is 4.27. The van der Waals surface area contributed by atoms with Crippen LogP contribution < -0.4 is 0 Å². The highest BCUT2D eigenvalue weighted by atomic mass is 16.5. The van der Waals surface area contributed by atoms with E-state index < -0.39 is 0 Å². The smallest absolute Gasteiger partial charge is 0.0561 e. The zero-order valence-electron chi connectivity index (χ0n) is 14.2. The molecule has 3 fully saturated rings. The topological polar surface area (TPSA) is 34.6 Å². The first-order valence-corrected chi connectivity index (χ1v) is 9.04. The average Bonchev–Trinajstić information content (AvgIpc) is 2.98. The van der Waals surface area contributed by atoms with Crippen molar-refractivity contribution >= 4 is 0 Å². The second kappa shape index (κ2) is 6.50. The third-order valence-electron chi connectivity index (χ3n) is 5.89. The molecule has 23 heavy (non-hydrogen) atoms. The molecular weight excluding hydrogens is 288 g/mol. The Labute approximate surface area is 139 Å². The van der Waals surface area contributed by atoms with Gasteiger partial charge in [0.1, 0.15) is 0 Å². The van der Waals surface area contributed by atoms with E-state index in [0.29, 0.717) is 5.92 Å². The largest absolute Gasteiger partial charge is 0.380 e. The van der Waals surface area contributed by atoms with Gasteiger partial charge in [0.15, 0.2) is 0 Å². The van der Waals surface area contributed by atoms with Crippen LogP contribution >= 0.6 is 0 Å². The first kappa shape index (κ1) is 15.6. The molecule has 3 aliphatic rings. The molecular formula is C19H28N2O2. The lowest BCUT2D eigenvalue weighted by Gasteiger charge is -2.30. The molecule has 0 unspecified atom stereocenters. The number of aromatic nitrogens is 1. The van der Waals surface area contributed by atoms with E-state index in [1.165, 1.54) is 25.0 Å². The van der Waals surface area contributed by atoms with E-state index >= 15 is 0 Å². The molecule has 4 rings (SSSR count). The van der Waals surface area contributed by atoms with Crippen molar-refractivity contribution in [3.8, 4) is 0 Å². The molecule has 2 saturated heterocycles. The van der Waals surface area contributed by atoms with E-state index in [2.05, 4.69) is 35.0 Å². The first-order chi connectivity index (χ1) is 11.2. The number of aryl methyl sites for hydroxylation is 1. The van der Waals surface area contributed by atoms with Crippen molar-refractivity contribution in [2.24, 2.45) is 17.3 Å². The van der Waals surface area contributed by atoms with Crippen LogP contribution in [0.5, 0.6) is 0 Å². The van der Waals surface area contributed by atoms with Crippen molar-refractivity contribution in [1.29, 1.82) is 0 Å². The summed E-state index contributed by atoms with van der Waals surface area (Å²) in [6.07, 6.45) is 4.11. The molecule has 0 amide bonds. The van der Waals surface area contributed by atoms with Gasteiger partial charge in [-0.15, -0.1) is 0 Å². The zero-order chi connectivity index (χ0) is 15.7. The van der Waals surface area contributed by atoms with Crippen LogP contribution in [0.3, 0.4) is 0 Å². The van der Waals surface area contributed by atoms with Gasteiger partial charge < -0.3 is 9.47 Å². The molecule has 3 heterocycles. The molecule has 4 nitrogen and oxygen atoms in total. The van der Waals surface area contributed by atoms with Crippen molar-refractivity contribution in [3.05, 3.63) is 29.6 Å². The van der Waals surface area contributed by atoms with Gasteiger partial charge in [0.05, 0.1) is 25.5 Å². The van der Waals surface area contributed by atoms with E-state index in [4.69, 9.17) is 9.47 Å². The summed E-state index contributed by atoms with van der Waals surface area (Å²) >= 11 is 0. The SMILES string of the molecule is Cc1cccc(CN2C[C@@H]3COC[C@]3(COCC3CCC3)C2)n1. The molecule has 2 atom stereocenters. The molecule has 0 N–H and O–H groups in total. The average molecular weight is 316 g/mol. The van der Waals surface area contributed by atoms with Gasteiger partial charge in [-0.05, 0) is 37.8 Å². The fourth-order valence-corrected chi connectivity index (χ4v) is 4.27.